The second-order valence-electron chi connectivity index (χ2n) is 5.78. The van der Waals surface area contributed by atoms with Gasteiger partial charge in [-0.3, -0.25) is 4.79 Å². The van der Waals surface area contributed by atoms with E-state index in [1.54, 1.807) is 31.2 Å². The van der Waals surface area contributed by atoms with Gasteiger partial charge in [0.1, 0.15) is 21.8 Å². The van der Waals surface area contributed by atoms with Gasteiger partial charge < -0.3 is 9.54 Å². The van der Waals surface area contributed by atoms with E-state index in [1.807, 2.05) is 20.8 Å². The van der Waals surface area contributed by atoms with Gasteiger partial charge in [-0.2, -0.15) is 0 Å². The molecule has 0 aliphatic carbocycles. The average Bonchev–Trinajstić information content (AvgIpc) is 2.46. The summed E-state index contributed by atoms with van der Waals surface area (Å²) in [7, 11) is 0. The maximum Gasteiger partial charge on any atom is 0.257 e. The molecule has 6 heteroatoms. The van der Waals surface area contributed by atoms with Crippen molar-refractivity contribution < 1.29 is 4.55 Å². The van der Waals surface area contributed by atoms with Crippen molar-refractivity contribution in [2.45, 2.75) is 38.9 Å². The number of rotatable bonds is 4. The van der Waals surface area contributed by atoms with Crippen LogP contribution < -0.4 is 5.56 Å². The number of aromatic nitrogens is 1. The molecule has 1 aromatic heterocycles. The number of hydrogen-bond acceptors (Lipinski definition) is 3. The molecule has 22 heavy (non-hydrogen) atoms. The molecule has 0 bridgehead atoms. The van der Waals surface area contributed by atoms with Gasteiger partial charge in [0.05, 0.1) is 5.56 Å². The highest BCUT2D eigenvalue weighted by atomic mass is 35.5. The van der Waals surface area contributed by atoms with Crippen molar-refractivity contribution in [1.29, 1.82) is 0 Å². The Bertz CT molecular complexity index is 783. The van der Waals surface area contributed by atoms with Crippen LogP contribution in [0.5, 0.6) is 0 Å². The Balaban J connectivity index is 2.49. The van der Waals surface area contributed by atoms with Crippen molar-refractivity contribution >= 4 is 39.6 Å². The summed E-state index contributed by atoms with van der Waals surface area (Å²) in [5.74, 6) is 0. The Kier molecular flexibility index (Phi) is 5.00. The van der Waals surface area contributed by atoms with Gasteiger partial charge >= 0.3 is 0 Å². The smallest absolute Gasteiger partial charge is 0.257 e. The first-order valence-corrected chi connectivity index (χ1v) is 8.53. The van der Waals surface area contributed by atoms with E-state index in [0.717, 1.165) is 11.8 Å². The molecule has 118 valence electrons. The first kappa shape index (κ1) is 17.1. The molecule has 1 N–H and O–H groups in total. The highest BCUT2D eigenvalue weighted by molar-refractivity contribution is 7.91. The van der Waals surface area contributed by atoms with Crippen molar-refractivity contribution in [3.05, 3.63) is 45.2 Å². The quantitative estimate of drug-likeness (QED) is 0.679. The Hall–Kier alpha value is -1.30. The van der Waals surface area contributed by atoms with Crippen LogP contribution in [0.4, 0.5) is 0 Å². The summed E-state index contributed by atoms with van der Waals surface area (Å²) in [6.45, 7) is 7.45. The van der Waals surface area contributed by atoms with Crippen LogP contribution in [0.15, 0.2) is 33.5 Å². The van der Waals surface area contributed by atoms with E-state index in [9.17, 15) is 9.35 Å². The van der Waals surface area contributed by atoms with Gasteiger partial charge in [0.25, 0.3) is 5.56 Å². The standard InChI is InChI=1S/C16H19ClN2O2S/c1-5-16(3,4)22(21)19-10(2)13-9-11-8-12(17)6-7-14(11)18-15(13)20/h6-9H,5H2,1-4H3,(H,18,20). The first-order chi connectivity index (χ1) is 10.2. The van der Waals surface area contributed by atoms with E-state index in [4.69, 9.17) is 11.6 Å². The lowest BCUT2D eigenvalue weighted by Crippen LogP contribution is -2.30. The minimum atomic E-state index is -1.40. The molecule has 2 rings (SSSR count). The number of aromatic amines is 1. The van der Waals surface area contributed by atoms with Crippen LogP contribution >= 0.6 is 11.6 Å². The molecule has 1 aromatic carbocycles. The molecule has 4 nitrogen and oxygen atoms in total. The topological polar surface area (TPSA) is 68.3 Å². The highest BCUT2D eigenvalue weighted by Crippen LogP contribution is 2.23. The van der Waals surface area contributed by atoms with Gasteiger partial charge in [-0.05, 0) is 51.5 Å². The Morgan fingerprint density at radius 3 is 2.73 bits per heavy atom. The molecular weight excluding hydrogens is 320 g/mol. The van der Waals surface area contributed by atoms with Gasteiger partial charge in [-0.1, -0.05) is 22.9 Å². The molecule has 0 amide bonds. The lowest BCUT2D eigenvalue weighted by atomic mass is 10.1. The van der Waals surface area contributed by atoms with Crippen LogP contribution in [-0.2, 0) is 11.4 Å². The van der Waals surface area contributed by atoms with Crippen LogP contribution in [0, 0.1) is 0 Å². The van der Waals surface area contributed by atoms with Crippen molar-refractivity contribution in [2.75, 3.05) is 0 Å². The van der Waals surface area contributed by atoms with Crippen LogP contribution in [0.25, 0.3) is 10.9 Å². The lowest BCUT2D eigenvalue weighted by Gasteiger charge is -2.22. The predicted octanol–water partition coefficient (Wildman–Crippen LogP) is 3.84. The molecule has 0 saturated carbocycles. The second-order valence-corrected chi connectivity index (χ2v) is 8.01. The maximum absolute atomic E-state index is 12.3. The number of hydrogen-bond donors (Lipinski definition) is 1. The van der Waals surface area contributed by atoms with Gasteiger partial charge in [0.15, 0.2) is 0 Å². The van der Waals surface area contributed by atoms with E-state index in [2.05, 4.69) is 9.38 Å². The number of nitrogens with one attached hydrogen (secondary N) is 1. The SMILES string of the molecule is CCC(C)(C)[S+]([O-])N=C(C)c1cc2cc(Cl)ccc2[nH]c1=O. The molecule has 0 fully saturated rings. The fourth-order valence-corrected chi connectivity index (χ4v) is 2.89. The number of benzene rings is 1. The predicted molar refractivity (Wildman–Crippen MR) is 94.3 cm³/mol. The molecular formula is C16H19ClN2O2S. The van der Waals surface area contributed by atoms with Gasteiger partial charge in [0, 0.05) is 15.9 Å². The third-order valence-electron chi connectivity index (χ3n) is 3.74. The van der Waals surface area contributed by atoms with Crippen molar-refractivity contribution in [3.8, 4) is 0 Å². The number of H-pyrrole nitrogens is 1. The minimum absolute atomic E-state index is 0.248. The first-order valence-electron chi connectivity index (χ1n) is 7.05. The summed E-state index contributed by atoms with van der Waals surface area (Å²) in [5.41, 5.74) is 1.33. The van der Waals surface area contributed by atoms with Crippen molar-refractivity contribution in [1.82, 2.24) is 4.98 Å². The van der Waals surface area contributed by atoms with Crippen LogP contribution in [0.1, 0.15) is 39.7 Å². The summed E-state index contributed by atoms with van der Waals surface area (Å²) < 4.78 is 16.1. The van der Waals surface area contributed by atoms with Crippen LogP contribution in [0.2, 0.25) is 5.02 Å². The molecule has 0 aliphatic heterocycles. The van der Waals surface area contributed by atoms with E-state index in [0.29, 0.717) is 21.8 Å². The number of fused-ring (bicyclic) bond motifs is 1. The van der Waals surface area contributed by atoms with Crippen LogP contribution in [0.3, 0.4) is 0 Å². The molecule has 2 aromatic rings. The largest absolute Gasteiger partial charge is 0.591 e. The van der Waals surface area contributed by atoms with Crippen molar-refractivity contribution in [2.24, 2.45) is 4.40 Å². The van der Waals surface area contributed by atoms with E-state index < -0.39 is 16.1 Å². The summed E-state index contributed by atoms with van der Waals surface area (Å²) in [5, 5.41) is 1.41. The fraction of sp³-hybridized carbons (Fsp3) is 0.375. The Morgan fingerprint density at radius 2 is 2.09 bits per heavy atom. The molecule has 1 heterocycles. The zero-order valence-electron chi connectivity index (χ0n) is 13.1. The van der Waals surface area contributed by atoms with E-state index >= 15 is 0 Å². The number of halogens is 1. The zero-order valence-corrected chi connectivity index (χ0v) is 14.6. The molecule has 0 radical (unpaired) electrons. The molecule has 0 saturated heterocycles. The molecule has 0 spiro atoms. The molecule has 1 unspecified atom stereocenters. The maximum atomic E-state index is 12.3. The number of nitrogens with zero attached hydrogens (tertiary/aromatic N) is 1. The van der Waals surface area contributed by atoms with E-state index in [-0.39, 0.29) is 5.56 Å². The monoisotopic (exact) mass is 338 g/mol. The minimum Gasteiger partial charge on any atom is -0.591 e. The lowest BCUT2D eigenvalue weighted by molar-refractivity contribution is 0.540. The summed E-state index contributed by atoms with van der Waals surface area (Å²) in [4.78, 5) is 15.0. The molecule has 0 aliphatic rings. The summed E-state index contributed by atoms with van der Waals surface area (Å²) >= 11 is 4.58. The number of pyridine rings is 1. The highest BCUT2D eigenvalue weighted by Gasteiger charge is 2.31. The zero-order chi connectivity index (χ0) is 16.5. The third-order valence-corrected chi connectivity index (χ3v) is 5.65. The van der Waals surface area contributed by atoms with E-state index in [1.165, 1.54) is 0 Å². The second kappa shape index (κ2) is 6.44. The van der Waals surface area contributed by atoms with Gasteiger partial charge in [-0.25, -0.2) is 0 Å². The Morgan fingerprint density at radius 1 is 1.41 bits per heavy atom. The molecule has 1 atom stereocenters. The van der Waals surface area contributed by atoms with Crippen LogP contribution in [-0.4, -0.2) is 20.0 Å². The Labute approximate surface area is 137 Å². The van der Waals surface area contributed by atoms with Crippen molar-refractivity contribution in [3.63, 3.8) is 0 Å². The summed E-state index contributed by atoms with van der Waals surface area (Å²) in [6, 6.07) is 6.98. The average molecular weight is 339 g/mol. The normalized spacial score (nSPS) is 14.4. The van der Waals surface area contributed by atoms with Gasteiger partial charge in [-0.15, -0.1) is 0 Å². The summed E-state index contributed by atoms with van der Waals surface area (Å²) in [6.07, 6.45) is 0.736. The third kappa shape index (κ3) is 3.54. The van der Waals surface area contributed by atoms with Gasteiger partial charge in [0.2, 0.25) is 0 Å². The fourth-order valence-electron chi connectivity index (χ4n) is 1.87.